The van der Waals surface area contributed by atoms with Gasteiger partial charge >= 0.3 is 0 Å². The average Bonchev–Trinajstić information content (AvgIpc) is 2.39. The quantitative estimate of drug-likeness (QED) is 0.815. The van der Waals surface area contributed by atoms with E-state index < -0.39 is 15.1 Å². The van der Waals surface area contributed by atoms with Crippen molar-refractivity contribution in [3.05, 3.63) is 29.8 Å². The Labute approximate surface area is 115 Å². The summed E-state index contributed by atoms with van der Waals surface area (Å²) in [7, 11) is -3.27. The van der Waals surface area contributed by atoms with Crippen LogP contribution >= 0.6 is 0 Å². The fraction of sp³-hybridized carbons (Fsp3) is 0.500. The van der Waals surface area contributed by atoms with E-state index in [1.54, 1.807) is 26.0 Å². The number of hydrogen-bond donors (Lipinski definition) is 1. The number of carbonyl (C=O) groups is 1. The molecular formula is C14H21NO3S. The number of benzene rings is 1. The second-order valence-electron chi connectivity index (χ2n) is 4.73. The highest BCUT2D eigenvalue weighted by Crippen LogP contribution is 2.16. The smallest absolute Gasteiger partial charge is 0.251 e. The lowest BCUT2D eigenvalue weighted by Gasteiger charge is -2.09. The zero-order chi connectivity index (χ0) is 14.5. The zero-order valence-electron chi connectivity index (χ0n) is 11.6. The van der Waals surface area contributed by atoms with Gasteiger partial charge in [0.25, 0.3) is 5.91 Å². The van der Waals surface area contributed by atoms with E-state index in [4.69, 9.17) is 0 Å². The summed E-state index contributed by atoms with van der Waals surface area (Å²) in [6, 6.07) is 6.08. The first-order chi connectivity index (χ1) is 8.89. The van der Waals surface area contributed by atoms with Gasteiger partial charge in [-0.1, -0.05) is 13.3 Å². The van der Waals surface area contributed by atoms with Gasteiger partial charge < -0.3 is 5.32 Å². The molecule has 0 atom stereocenters. The number of hydrogen-bond acceptors (Lipinski definition) is 3. The third-order valence-corrected chi connectivity index (χ3v) is 5.05. The molecule has 0 aromatic heterocycles. The van der Waals surface area contributed by atoms with Crippen molar-refractivity contribution in [3.8, 4) is 0 Å². The van der Waals surface area contributed by atoms with Gasteiger partial charge in [-0.25, -0.2) is 8.42 Å². The van der Waals surface area contributed by atoms with Crippen molar-refractivity contribution in [2.45, 2.75) is 43.8 Å². The first-order valence-corrected chi connectivity index (χ1v) is 8.06. The molecule has 1 aromatic rings. The van der Waals surface area contributed by atoms with Gasteiger partial charge in [0, 0.05) is 12.1 Å². The number of carbonyl (C=O) groups excluding carboxylic acids is 1. The van der Waals surface area contributed by atoms with Gasteiger partial charge in [0.1, 0.15) is 0 Å². The minimum Gasteiger partial charge on any atom is -0.352 e. The summed E-state index contributed by atoms with van der Waals surface area (Å²) in [6.45, 7) is 5.97. The van der Waals surface area contributed by atoms with Crippen molar-refractivity contribution in [2.24, 2.45) is 0 Å². The lowest BCUT2D eigenvalue weighted by Crippen LogP contribution is -2.24. The Bertz CT molecular complexity index is 518. The van der Waals surface area contributed by atoms with E-state index in [0.717, 1.165) is 12.8 Å². The molecule has 0 bridgehead atoms. The molecule has 1 amide bonds. The summed E-state index contributed by atoms with van der Waals surface area (Å²) in [5.41, 5.74) is 0.485. The number of unbranched alkanes of at least 4 members (excludes halogenated alkanes) is 1. The van der Waals surface area contributed by atoms with Crippen molar-refractivity contribution in [1.29, 1.82) is 0 Å². The molecule has 0 spiro atoms. The Morgan fingerprint density at radius 3 is 2.26 bits per heavy atom. The van der Waals surface area contributed by atoms with Crippen LogP contribution in [0, 0.1) is 0 Å². The highest BCUT2D eigenvalue weighted by Gasteiger charge is 2.19. The molecule has 5 heteroatoms. The fourth-order valence-corrected chi connectivity index (χ4v) is 2.61. The molecule has 0 heterocycles. The SMILES string of the molecule is CCCCNC(=O)c1ccc(S(=O)(=O)C(C)C)cc1. The van der Waals surface area contributed by atoms with Gasteiger partial charge in [-0.15, -0.1) is 0 Å². The third kappa shape index (κ3) is 4.06. The van der Waals surface area contributed by atoms with Crippen LogP contribution in [0.1, 0.15) is 44.0 Å². The largest absolute Gasteiger partial charge is 0.352 e. The van der Waals surface area contributed by atoms with Crippen LogP contribution in [0.3, 0.4) is 0 Å². The molecule has 19 heavy (non-hydrogen) atoms. The maximum Gasteiger partial charge on any atom is 0.251 e. The number of amides is 1. The van der Waals surface area contributed by atoms with E-state index in [1.807, 2.05) is 0 Å². The molecule has 1 rings (SSSR count). The zero-order valence-corrected chi connectivity index (χ0v) is 12.5. The van der Waals surface area contributed by atoms with Gasteiger partial charge in [0.15, 0.2) is 9.84 Å². The van der Waals surface area contributed by atoms with Crippen LogP contribution < -0.4 is 5.32 Å². The molecule has 4 nitrogen and oxygen atoms in total. The minimum atomic E-state index is -3.27. The predicted molar refractivity (Wildman–Crippen MR) is 76.0 cm³/mol. The van der Waals surface area contributed by atoms with Crippen LogP contribution in [0.2, 0.25) is 0 Å². The Balaban J connectivity index is 2.80. The summed E-state index contributed by atoms with van der Waals surface area (Å²) >= 11 is 0. The second-order valence-corrected chi connectivity index (χ2v) is 7.23. The second kappa shape index (κ2) is 6.70. The van der Waals surface area contributed by atoms with Gasteiger partial charge in [0.2, 0.25) is 0 Å². The van der Waals surface area contributed by atoms with E-state index in [-0.39, 0.29) is 10.8 Å². The van der Waals surface area contributed by atoms with E-state index >= 15 is 0 Å². The van der Waals surface area contributed by atoms with Gasteiger partial charge in [-0.3, -0.25) is 4.79 Å². The molecule has 0 aliphatic rings. The molecule has 1 N–H and O–H groups in total. The van der Waals surface area contributed by atoms with Gasteiger partial charge in [-0.2, -0.15) is 0 Å². The van der Waals surface area contributed by atoms with Crippen LogP contribution in [0.25, 0.3) is 0 Å². The highest BCUT2D eigenvalue weighted by molar-refractivity contribution is 7.92. The molecule has 0 fully saturated rings. The molecule has 106 valence electrons. The summed E-state index contributed by atoms with van der Waals surface area (Å²) in [6.07, 6.45) is 1.96. The van der Waals surface area contributed by atoms with Crippen LogP contribution in [0.4, 0.5) is 0 Å². The Kier molecular flexibility index (Phi) is 5.54. The van der Waals surface area contributed by atoms with E-state index in [1.165, 1.54) is 12.1 Å². The fourth-order valence-electron chi connectivity index (χ4n) is 1.55. The maximum absolute atomic E-state index is 11.9. The summed E-state index contributed by atoms with van der Waals surface area (Å²) in [4.78, 5) is 12.0. The normalized spacial score (nSPS) is 11.6. The molecule has 0 saturated heterocycles. The first kappa shape index (κ1) is 15.7. The van der Waals surface area contributed by atoms with Crippen LogP contribution in [0.5, 0.6) is 0 Å². The Morgan fingerprint density at radius 1 is 1.21 bits per heavy atom. The lowest BCUT2D eigenvalue weighted by atomic mass is 10.2. The highest BCUT2D eigenvalue weighted by atomic mass is 32.2. The minimum absolute atomic E-state index is 0.165. The van der Waals surface area contributed by atoms with Crippen molar-refractivity contribution in [1.82, 2.24) is 5.32 Å². The van der Waals surface area contributed by atoms with Gasteiger partial charge in [-0.05, 0) is 44.5 Å². The van der Waals surface area contributed by atoms with E-state index in [2.05, 4.69) is 12.2 Å². The monoisotopic (exact) mass is 283 g/mol. The van der Waals surface area contributed by atoms with Crippen LogP contribution in [-0.4, -0.2) is 26.1 Å². The molecule has 1 aromatic carbocycles. The predicted octanol–water partition coefficient (Wildman–Crippen LogP) is 2.40. The van der Waals surface area contributed by atoms with Crippen LogP contribution in [0.15, 0.2) is 29.2 Å². The summed E-state index contributed by atoms with van der Waals surface area (Å²) in [5, 5.41) is 2.33. The number of sulfone groups is 1. The van der Waals surface area contributed by atoms with E-state index in [9.17, 15) is 13.2 Å². The third-order valence-electron chi connectivity index (χ3n) is 2.88. The Hall–Kier alpha value is -1.36. The van der Waals surface area contributed by atoms with E-state index in [0.29, 0.717) is 12.1 Å². The molecular weight excluding hydrogens is 262 g/mol. The lowest BCUT2D eigenvalue weighted by molar-refractivity contribution is 0.0953. The molecule has 0 saturated carbocycles. The Morgan fingerprint density at radius 2 is 1.79 bits per heavy atom. The number of rotatable bonds is 6. The van der Waals surface area contributed by atoms with Crippen molar-refractivity contribution in [3.63, 3.8) is 0 Å². The molecule has 0 aliphatic carbocycles. The topological polar surface area (TPSA) is 63.2 Å². The van der Waals surface area contributed by atoms with Gasteiger partial charge in [0.05, 0.1) is 10.1 Å². The molecule has 0 aliphatic heterocycles. The average molecular weight is 283 g/mol. The standard InChI is InChI=1S/C14H21NO3S/c1-4-5-10-15-14(16)12-6-8-13(9-7-12)19(17,18)11(2)3/h6-9,11H,4-5,10H2,1-3H3,(H,15,16). The van der Waals surface area contributed by atoms with Crippen molar-refractivity contribution < 1.29 is 13.2 Å². The molecule has 0 unspecified atom stereocenters. The van der Waals surface area contributed by atoms with Crippen molar-refractivity contribution >= 4 is 15.7 Å². The van der Waals surface area contributed by atoms with Crippen molar-refractivity contribution in [2.75, 3.05) is 6.54 Å². The summed E-state index contributed by atoms with van der Waals surface area (Å²) < 4.78 is 23.8. The number of nitrogens with one attached hydrogen (secondary N) is 1. The maximum atomic E-state index is 11.9. The molecule has 0 radical (unpaired) electrons. The summed E-state index contributed by atoms with van der Waals surface area (Å²) in [5.74, 6) is -0.165. The first-order valence-electron chi connectivity index (χ1n) is 6.51. The van der Waals surface area contributed by atoms with Crippen LogP contribution in [-0.2, 0) is 9.84 Å².